The molecule has 0 radical (unpaired) electrons. The Kier molecular flexibility index (Phi) is 5.39. The monoisotopic (exact) mass is 377 g/mol. The first-order valence-electron chi connectivity index (χ1n) is 8.71. The molecule has 0 bridgehead atoms. The van der Waals surface area contributed by atoms with Crippen molar-refractivity contribution in [2.45, 2.75) is 19.3 Å². The van der Waals surface area contributed by atoms with Crippen molar-refractivity contribution in [3.8, 4) is 18.1 Å². The molecule has 3 rings (SSSR count). The molecule has 0 saturated carbocycles. The van der Waals surface area contributed by atoms with Crippen molar-refractivity contribution in [2.24, 2.45) is 5.92 Å². The van der Waals surface area contributed by atoms with Crippen molar-refractivity contribution in [2.75, 3.05) is 41.6 Å². The molecule has 2 aliphatic rings. The Bertz CT molecular complexity index is 823. The average Bonchev–Trinajstić information content (AvgIpc) is 2.97. The smallest absolute Gasteiger partial charge is 0.235 e. The minimum atomic E-state index is -3.31. The molecular formula is C18H23N3O4S. The lowest BCUT2D eigenvalue weighted by atomic mass is 9.96. The van der Waals surface area contributed by atoms with E-state index in [0.717, 1.165) is 13.1 Å². The van der Waals surface area contributed by atoms with Crippen molar-refractivity contribution >= 4 is 27.3 Å². The van der Waals surface area contributed by atoms with E-state index in [4.69, 9.17) is 6.42 Å². The standard InChI is InChI=1S/C18H23N3O4S/c1-2-8-20-10-6-14(7-11-20)18(23)19-16-13-15(4-5-17(16)22)21-9-3-12-26(21,24)25/h1,4-5,13-14,22H,3,6-12H2,(H,19,23). The molecule has 140 valence electrons. The van der Waals surface area contributed by atoms with Gasteiger partial charge in [0.05, 0.1) is 23.7 Å². The van der Waals surface area contributed by atoms with Gasteiger partial charge in [0.25, 0.3) is 0 Å². The van der Waals surface area contributed by atoms with Gasteiger partial charge in [0, 0.05) is 12.5 Å². The fourth-order valence-electron chi connectivity index (χ4n) is 3.43. The molecule has 2 aliphatic heterocycles. The molecule has 2 saturated heterocycles. The highest BCUT2D eigenvalue weighted by molar-refractivity contribution is 7.93. The highest BCUT2D eigenvalue weighted by atomic mass is 32.2. The van der Waals surface area contributed by atoms with Crippen LogP contribution >= 0.6 is 0 Å². The van der Waals surface area contributed by atoms with E-state index in [-0.39, 0.29) is 29.0 Å². The van der Waals surface area contributed by atoms with E-state index in [1.807, 2.05) is 0 Å². The molecule has 2 N–H and O–H groups in total. The maximum absolute atomic E-state index is 12.5. The van der Waals surface area contributed by atoms with Crippen LogP contribution in [0.3, 0.4) is 0 Å². The minimum Gasteiger partial charge on any atom is -0.506 e. The number of aromatic hydroxyl groups is 1. The first-order chi connectivity index (χ1) is 12.4. The van der Waals surface area contributed by atoms with Gasteiger partial charge in [-0.05, 0) is 50.6 Å². The molecule has 0 aliphatic carbocycles. The topological polar surface area (TPSA) is 90.0 Å². The number of terminal acetylenes is 1. The molecule has 26 heavy (non-hydrogen) atoms. The third-order valence-electron chi connectivity index (χ3n) is 4.90. The second-order valence-electron chi connectivity index (χ2n) is 6.69. The summed E-state index contributed by atoms with van der Waals surface area (Å²) in [4.78, 5) is 14.7. The number of hydrogen-bond acceptors (Lipinski definition) is 5. The third kappa shape index (κ3) is 3.94. The molecule has 1 aromatic rings. The van der Waals surface area contributed by atoms with Gasteiger partial charge in [-0.3, -0.25) is 14.0 Å². The average molecular weight is 377 g/mol. The lowest BCUT2D eigenvalue weighted by Crippen LogP contribution is -2.38. The molecule has 0 spiro atoms. The number of hydrogen-bond donors (Lipinski definition) is 2. The summed E-state index contributed by atoms with van der Waals surface area (Å²) >= 11 is 0. The number of likely N-dealkylation sites (tertiary alicyclic amines) is 1. The SMILES string of the molecule is C#CCN1CCC(C(=O)Nc2cc(N3CCCS3(=O)=O)ccc2O)CC1. The van der Waals surface area contributed by atoms with Crippen LogP contribution in [0, 0.1) is 18.3 Å². The van der Waals surface area contributed by atoms with Gasteiger partial charge >= 0.3 is 0 Å². The van der Waals surface area contributed by atoms with Crippen LogP contribution in [0.5, 0.6) is 5.75 Å². The maximum Gasteiger partial charge on any atom is 0.235 e. The number of carbonyl (C=O) groups is 1. The number of benzene rings is 1. The molecule has 0 atom stereocenters. The van der Waals surface area contributed by atoms with Gasteiger partial charge < -0.3 is 10.4 Å². The normalized spacial score (nSPS) is 20.7. The van der Waals surface area contributed by atoms with Gasteiger partial charge in [-0.2, -0.15) is 0 Å². The highest BCUT2D eigenvalue weighted by Crippen LogP contribution is 2.32. The lowest BCUT2D eigenvalue weighted by Gasteiger charge is -2.29. The van der Waals surface area contributed by atoms with Crippen LogP contribution in [0.1, 0.15) is 19.3 Å². The van der Waals surface area contributed by atoms with Gasteiger partial charge in [-0.25, -0.2) is 8.42 Å². The van der Waals surface area contributed by atoms with E-state index in [1.54, 1.807) is 6.07 Å². The van der Waals surface area contributed by atoms with Crippen molar-refractivity contribution < 1.29 is 18.3 Å². The molecule has 0 unspecified atom stereocenters. The van der Waals surface area contributed by atoms with E-state index < -0.39 is 10.0 Å². The van der Waals surface area contributed by atoms with E-state index >= 15 is 0 Å². The largest absolute Gasteiger partial charge is 0.506 e. The highest BCUT2D eigenvalue weighted by Gasteiger charge is 2.29. The van der Waals surface area contributed by atoms with Gasteiger partial charge in [0.1, 0.15) is 5.75 Å². The Morgan fingerprint density at radius 2 is 2.04 bits per heavy atom. The molecule has 1 amide bonds. The lowest BCUT2D eigenvalue weighted by molar-refractivity contribution is -0.121. The summed E-state index contributed by atoms with van der Waals surface area (Å²) in [6.45, 7) is 2.52. The summed E-state index contributed by atoms with van der Waals surface area (Å²) in [5.41, 5.74) is 0.695. The molecule has 7 nitrogen and oxygen atoms in total. The Labute approximate surface area is 154 Å². The molecular weight excluding hydrogens is 354 g/mol. The van der Waals surface area contributed by atoms with E-state index in [9.17, 15) is 18.3 Å². The predicted octanol–water partition coefficient (Wildman–Crippen LogP) is 1.22. The zero-order valence-electron chi connectivity index (χ0n) is 14.5. The number of sulfonamides is 1. The summed E-state index contributed by atoms with van der Waals surface area (Å²) in [6, 6.07) is 4.48. The van der Waals surface area contributed by atoms with Crippen molar-refractivity contribution in [3.05, 3.63) is 18.2 Å². The quantitative estimate of drug-likeness (QED) is 0.608. The van der Waals surface area contributed by atoms with E-state index in [0.29, 0.717) is 38.0 Å². The van der Waals surface area contributed by atoms with Crippen LogP contribution in [0.2, 0.25) is 0 Å². The summed E-state index contributed by atoms with van der Waals surface area (Å²) in [6.07, 6.45) is 7.29. The maximum atomic E-state index is 12.5. The first-order valence-corrected chi connectivity index (χ1v) is 10.3. The first kappa shape index (κ1) is 18.5. The number of carbonyl (C=O) groups excluding carboxylic acids is 1. The number of phenolic OH excluding ortho intramolecular Hbond substituents is 1. The molecule has 1 aromatic carbocycles. The van der Waals surface area contributed by atoms with Crippen LogP contribution in [0.4, 0.5) is 11.4 Å². The number of amides is 1. The molecule has 2 fully saturated rings. The van der Waals surface area contributed by atoms with Crippen LogP contribution in [-0.4, -0.2) is 56.3 Å². The number of phenols is 1. The van der Waals surface area contributed by atoms with Gasteiger partial charge in [-0.1, -0.05) is 5.92 Å². The van der Waals surface area contributed by atoms with Crippen molar-refractivity contribution in [1.82, 2.24) is 4.90 Å². The summed E-state index contributed by atoms with van der Waals surface area (Å²) < 4.78 is 25.5. The summed E-state index contributed by atoms with van der Waals surface area (Å²) in [5, 5.41) is 12.8. The van der Waals surface area contributed by atoms with E-state index in [1.165, 1.54) is 16.4 Å². The molecule has 2 heterocycles. The third-order valence-corrected chi connectivity index (χ3v) is 6.77. The number of piperidine rings is 1. The Morgan fingerprint density at radius 1 is 1.31 bits per heavy atom. The summed E-state index contributed by atoms with van der Waals surface area (Å²) in [5.74, 6) is 2.33. The number of rotatable bonds is 4. The Morgan fingerprint density at radius 3 is 2.65 bits per heavy atom. The Balaban J connectivity index is 1.69. The van der Waals surface area contributed by atoms with Crippen LogP contribution in [0.25, 0.3) is 0 Å². The fourth-order valence-corrected chi connectivity index (χ4v) is 4.98. The van der Waals surface area contributed by atoms with Gasteiger partial charge in [0.15, 0.2) is 0 Å². The Hall–Kier alpha value is -2.24. The van der Waals surface area contributed by atoms with Crippen LogP contribution < -0.4 is 9.62 Å². The predicted molar refractivity (Wildman–Crippen MR) is 100 cm³/mol. The van der Waals surface area contributed by atoms with E-state index in [2.05, 4.69) is 16.1 Å². The van der Waals surface area contributed by atoms with Crippen LogP contribution in [0.15, 0.2) is 18.2 Å². The number of nitrogens with zero attached hydrogens (tertiary/aromatic N) is 2. The van der Waals surface area contributed by atoms with Crippen molar-refractivity contribution in [1.29, 1.82) is 0 Å². The van der Waals surface area contributed by atoms with Crippen LogP contribution in [-0.2, 0) is 14.8 Å². The number of anilines is 2. The second kappa shape index (κ2) is 7.56. The van der Waals surface area contributed by atoms with Gasteiger partial charge in [-0.15, -0.1) is 6.42 Å². The zero-order chi connectivity index (χ0) is 18.7. The minimum absolute atomic E-state index is 0.0801. The zero-order valence-corrected chi connectivity index (χ0v) is 15.3. The number of nitrogens with one attached hydrogen (secondary N) is 1. The molecule has 0 aromatic heterocycles. The summed E-state index contributed by atoms with van der Waals surface area (Å²) in [7, 11) is -3.31. The fraction of sp³-hybridized carbons (Fsp3) is 0.500. The molecule has 8 heteroatoms. The van der Waals surface area contributed by atoms with Gasteiger partial charge in [0.2, 0.25) is 15.9 Å². The second-order valence-corrected chi connectivity index (χ2v) is 8.70. The van der Waals surface area contributed by atoms with Crippen molar-refractivity contribution in [3.63, 3.8) is 0 Å².